The Labute approximate surface area is 185 Å². The number of hydrogen-bond donors (Lipinski definition) is 1. The molecule has 0 unspecified atom stereocenters. The second kappa shape index (κ2) is 8.97. The molecule has 0 radical (unpaired) electrons. The highest BCUT2D eigenvalue weighted by molar-refractivity contribution is 6.31. The number of carbonyl (C=O) groups excluding carboxylic acids is 3. The number of likely N-dealkylation sites (N-methyl/N-ethyl adjacent to an activating group) is 1. The number of fused-ring (bicyclic) bond motifs is 1. The third-order valence-electron chi connectivity index (χ3n) is 5.28. The Morgan fingerprint density at radius 3 is 2.44 bits per heavy atom. The van der Waals surface area contributed by atoms with Crippen molar-refractivity contribution in [2.75, 3.05) is 20.3 Å². The van der Waals surface area contributed by atoms with Gasteiger partial charge < -0.3 is 14.0 Å². The van der Waals surface area contributed by atoms with Gasteiger partial charge in [0.05, 0.1) is 13.7 Å². The van der Waals surface area contributed by atoms with Gasteiger partial charge in [0.15, 0.2) is 0 Å². The van der Waals surface area contributed by atoms with Gasteiger partial charge >= 0.3 is 6.03 Å². The molecule has 0 spiro atoms. The fourth-order valence-corrected chi connectivity index (χ4v) is 3.65. The van der Waals surface area contributed by atoms with Crippen LogP contribution in [0.4, 0.5) is 4.79 Å². The molecule has 8 heteroatoms. The standard InChI is InChI=1S/C24H23N3O5/c1-3-27-23(29)20(22(28)25-24(27)30)14-16-15-26(21-7-5-4-6-19(16)21)12-13-32-18-10-8-17(31-2)9-11-18/h4-11,14-15H,3,12-13H2,1-2H3,(H,25,28,30)/b20-14-. The maximum absolute atomic E-state index is 12.6. The SMILES string of the molecule is CCN1C(=O)NC(=O)/C(=C/c2cn(CCOc3ccc(OC)cc3)c3ccccc23)C1=O. The number of imide groups is 2. The first-order valence-corrected chi connectivity index (χ1v) is 10.3. The predicted octanol–water partition coefficient (Wildman–Crippen LogP) is 3.21. The lowest BCUT2D eigenvalue weighted by Gasteiger charge is -2.24. The molecule has 0 aliphatic carbocycles. The molecule has 2 heterocycles. The van der Waals surface area contributed by atoms with Gasteiger partial charge in [-0.05, 0) is 43.3 Å². The zero-order valence-corrected chi connectivity index (χ0v) is 17.8. The highest BCUT2D eigenvalue weighted by Crippen LogP contribution is 2.25. The number of nitrogens with one attached hydrogen (secondary N) is 1. The summed E-state index contributed by atoms with van der Waals surface area (Å²) in [6, 6.07) is 14.4. The van der Waals surface area contributed by atoms with E-state index >= 15 is 0 Å². The monoisotopic (exact) mass is 433 g/mol. The van der Waals surface area contributed by atoms with Crippen molar-refractivity contribution in [3.8, 4) is 11.5 Å². The van der Waals surface area contributed by atoms with Crippen molar-refractivity contribution in [1.82, 2.24) is 14.8 Å². The number of nitrogens with zero attached hydrogens (tertiary/aromatic N) is 2. The number of amides is 4. The van der Waals surface area contributed by atoms with Gasteiger partial charge in [-0.3, -0.25) is 19.8 Å². The lowest BCUT2D eigenvalue weighted by Crippen LogP contribution is -2.53. The minimum absolute atomic E-state index is 0.0659. The molecule has 1 aliphatic rings. The number of benzene rings is 2. The molecule has 4 amide bonds. The Bertz CT molecular complexity index is 1210. The van der Waals surface area contributed by atoms with Crippen LogP contribution in [0.2, 0.25) is 0 Å². The highest BCUT2D eigenvalue weighted by Gasteiger charge is 2.34. The topological polar surface area (TPSA) is 89.9 Å². The number of urea groups is 1. The molecule has 1 saturated heterocycles. The number of rotatable bonds is 7. The molecule has 0 atom stereocenters. The summed E-state index contributed by atoms with van der Waals surface area (Å²) < 4.78 is 13.0. The maximum atomic E-state index is 12.6. The zero-order valence-electron chi connectivity index (χ0n) is 17.8. The van der Waals surface area contributed by atoms with Crippen LogP contribution in [-0.4, -0.2) is 47.6 Å². The van der Waals surface area contributed by atoms with E-state index in [0.29, 0.717) is 18.7 Å². The normalized spacial score (nSPS) is 15.4. The molecule has 1 N–H and O–H groups in total. The number of barbiturate groups is 1. The van der Waals surface area contributed by atoms with Gasteiger partial charge in [-0.1, -0.05) is 18.2 Å². The summed E-state index contributed by atoms with van der Waals surface area (Å²) in [5.74, 6) is 0.208. The number of methoxy groups -OCH3 is 1. The Morgan fingerprint density at radius 1 is 1.00 bits per heavy atom. The largest absolute Gasteiger partial charge is 0.497 e. The van der Waals surface area contributed by atoms with E-state index in [0.717, 1.165) is 27.3 Å². The summed E-state index contributed by atoms with van der Waals surface area (Å²) in [6.07, 6.45) is 3.41. The first kappa shape index (κ1) is 21.2. The minimum atomic E-state index is -0.697. The van der Waals surface area contributed by atoms with Crippen LogP contribution in [0.5, 0.6) is 11.5 Å². The van der Waals surface area contributed by atoms with Crippen molar-refractivity contribution in [3.63, 3.8) is 0 Å². The second-order valence-electron chi connectivity index (χ2n) is 7.19. The highest BCUT2D eigenvalue weighted by atomic mass is 16.5. The number of ether oxygens (including phenoxy) is 2. The molecule has 1 fully saturated rings. The van der Waals surface area contributed by atoms with Gasteiger partial charge in [0, 0.05) is 29.2 Å². The van der Waals surface area contributed by atoms with E-state index in [1.807, 2.05) is 59.3 Å². The molecule has 3 aromatic rings. The summed E-state index contributed by atoms with van der Waals surface area (Å²) in [5.41, 5.74) is 1.60. The quantitative estimate of drug-likeness (QED) is 0.457. The molecular weight excluding hydrogens is 410 g/mol. The minimum Gasteiger partial charge on any atom is -0.497 e. The van der Waals surface area contributed by atoms with Crippen LogP contribution in [0, 0.1) is 0 Å². The lowest BCUT2D eigenvalue weighted by molar-refractivity contribution is -0.129. The first-order valence-electron chi connectivity index (χ1n) is 10.3. The molecule has 4 rings (SSSR count). The molecule has 1 aromatic heterocycles. The van der Waals surface area contributed by atoms with Gasteiger partial charge in [0.25, 0.3) is 11.8 Å². The summed E-state index contributed by atoms with van der Waals surface area (Å²) in [4.78, 5) is 37.8. The van der Waals surface area contributed by atoms with Crippen molar-refractivity contribution in [2.45, 2.75) is 13.5 Å². The Kier molecular flexibility index (Phi) is 5.93. The van der Waals surface area contributed by atoms with E-state index in [4.69, 9.17) is 9.47 Å². The smallest absolute Gasteiger partial charge is 0.331 e. The molecule has 0 bridgehead atoms. The Balaban J connectivity index is 1.58. The average molecular weight is 433 g/mol. The van der Waals surface area contributed by atoms with Crippen molar-refractivity contribution in [3.05, 3.63) is 65.9 Å². The van der Waals surface area contributed by atoms with Crippen molar-refractivity contribution in [2.24, 2.45) is 0 Å². The Hall–Kier alpha value is -4.07. The molecule has 0 saturated carbocycles. The number of para-hydroxylation sites is 1. The van der Waals surface area contributed by atoms with E-state index in [9.17, 15) is 14.4 Å². The summed E-state index contributed by atoms with van der Waals surface area (Å²) in [7, 11) is 1.61. The van der Waals surface area contributed by atoms with Gasteiger partial charge in [0.2, 0.25) is 0 Å². The third-order valence-corrected chi connectivity index (χ3v) is 5.28. The molecule has 32 heavy (non-hydrogen) atoms. The van der Waals surface area contributed by atoms with E-state index in [-0.39, 0.29) is 12.1 Å². The van der Waals surface area contributed by atoms with Crippen LogP contribution < -0.4 is 14.8 Å². The Morgan fingerprint density at radius 2 is 1.72 bits per heavy atom. The number of aromatic nitrogens is 1. The fourth-order valence-electron chi connectivity index (χ4n) is 3.65. The van der Waals surface area contributed by atoms with Crippen LogP contribution >= 0.6 is 0 Å². The van der Waals surface area contributed by atoms with E-state index < -0.39 is 17.8 Å². The summed E-state index contributed by atoms with van der Waals surface area (Å²) in [6.45, 7) is 2.85. The van der Waals surface area contributed by atoms with Crippen LogP contribution in [0.3, 0.4) is 0 Å². The van der Waals surface area contributed by atoms with Crippen LogP contribution in [0.15, 0.2) is 60.3 Å². The molecule has 8 nitrogen and oxygen atoms in total. The van der Waals surface area contributed by atoms with Gasteiger partial charge in [-0.25, -0.2) is 4.79 Å². The average Bonchev–Trinajstić information content (AvgIpc) is 3.15. The van der Waals surface area contributed by atoms with Gasteiger partial charge in [0.1, 0.15) is 23.7 Å². The van der Waals surface area contributed by atoms with Gasteiger partial charge in [-0.2, -0.15) is 0 Å². The maximum Gasteiger partial charge on any atom is 0.331 e. The molecule has 2 aromatic carbocycles. The van der Waals surface area contributed by atoms with E-state index in [2.05, 4.69) is 5.32 Å². The predicted molar refractivity (Wildman–Crippen MR) is 119 cm³/mol. The van der Waals surface area contributed by atoms with Crippen molar-refractivity contribution < 1.29 is 23.9 Å². The zero-order chi connectivity index (χ0) is 22.7. The summed E-state index contributed by atoms with van der Waals surface area (Å²) in [5, 5.41) is 3.11. The van der Waals surface area contributed by atoms with E-state index in [1.165, 1.54) is 6.08 Å². The van der Waals surface area contributed by atoms with Crippen LogP contribution in [0.25, 0.3) is 17.0 Å². The summed E-state index contributed by atoms with van der Waals surface area (Å²) >= 11 is 0. The van der Waals surface area contributed by atoms with Crippen LogP contribution in [-0.2, 0) is 16.1 Å². The van der Waals surface area contributed by atoms with Crippen LogP contribution in [0.1, 0.15) is 12.5 Å². The number of carbonyl (C=O) groups is 3. The van der Waals surface area contributed by atoms with Gasteiger partial charge in [-0.15, -0.1) is 0 Å². The number of hydrogen-bond acceptors (Lipinski definition) is 5. The van der Waals surface area contributed by atoms with Crippen molar-refractivity contribution >= 4 is 34.8 Å². The lowest BCUT2D eigenvalue weighted by atomic mass is 10.1. The van der Waals surface area contributed by atoms with Crippen molar-refractivity contribution in [1.29, 1.82) is 0 Å². The molecule has 164 valence electrons. The van der Waals surface area contributed by atoms with E-state index in [1.54, 1.807) is 14.0 Å². The third kappa shape index (κ3) is 4.07. The second-order valence-corrected chi connectivity index (χ2v) is 7.19. The molecular formula is C24H23N3O5. The molecule has 1 aliphatic heterocycles. The first-order chi connectivity index (χ1) is 15.5. The fraction of sp³-hybridized carbons (Fsp3) is 0.208.